The van der Waals surface area contributed by atoms with Crippen molar-refractivity contribution in [2.45, 2.75) is 12.3 Å². The van der Waals surface area contributed by atoms with Crippen LogP contribution in [0, 0.1) is 9.64 Å². The summed E-state index contributed by atoms with van der Waals surface area (Å²) >= 11 is 4.34. The van der Waals surface area contributed by atoms with E-state index in [0.717, 1.165) is 0 Å². The van der Waals surface area contributed by atoms with Gasteiger partial charge in [0.05, 0.1) is 4.88 Å². The van der Waals surface area contributed by atoms with Gasteiger partial charge in [-0.3, -0.25) is 0 Å². The lowest BCUT2D eigenvalue weighted by Crippen LogP contribution is -2.16. The summed E-state index contributed by atoms with van der Waals surface area (Å²) in [6.07, 6.45) is -8.34. The van der Waals surface area contributed by atoms with E-state index in [9.17, 15) is 22.0 Å². The van der Waals surface area contributed by atoms with Crippen molar-refractivity contribution in [2.24, 2.45) is 0 Å². The lowest BCUT2D eigenvalue weighted by Gasteiger charge is -2.09. The number of rotatable bonds is 1. The van der Waals surface area contributed by atoms with Crippen LogP contribution < -0.4 is 0 Å². The molecule has 0 aromatic carbocycles. The van der Waals surface area contributed by atoms with Crippen molar-refractivity contribution in [3.05, 3.63) is 14.5 Å². The molecular formula is C5HF5S3. The van der Waals surface area contributed by atoms with E-state index in [-0.39, 0.29) is 3.82 Å². The fraction of sp³-hybridized carbons (Fsp3) is 0.400. The standard InChI is InChI=1S/C5HF5S3/c6-1-2(12-13-4(1)11)3(7)5(8,9)10/h3H. The van der Waals surface area contributed by atoms with Crippen molar-refractivity contribution in [2.75, 3.05) is 0 Å². The third kappa shape index (κ3) is 2.23. The Morgan fingerprint density at radius 3 is 2.08 bits per heavy atom. The highest BCUT2D eigenvalue weighted by atomic mass is 32.9. The smallest absolute Gasteiger partial charge is 0.231 e. The van der Waals surface area contributed by atoms with Gasteiger partial charge >= 0.3 is 6.18 Å². The number of hydrogen-bond donors (Lipinski definition) is 0. The van der Waals surface area contributed by atoms with E-state index < -0.39 is 23.0 Å². The minimum atomic E-state index is -5.07. The lowest BCUT2D eigenvalue weighted by atomic mass is 10.3. The molecule has 0 amide bonds. The van der Waals surface area contributed by atoms with Crippen LogP contribution in [0.3, 0.4) is 0 Å². The van der Waals surface area contributed by atoms with Crippen molar-refractivity contribution >= 4 is 32.9 Å². The molecule has 1 heterocycles. The highest BCUT2D eigenvalue weighted by Gasteiger charge is 2.44. The Morgan fingerprint density at radius 2 is 1.77 bits per heavy atom. The molecule has 0 N–H and O–H groups in total. The second kappa shape index (κ2) is 3.58. The molecule has 74 valence electrons. The maximum atomic E-state index is 12.7. The molecular weight excluding hydrogens is 251 g/mol. The maximum absolute atomic E-state index is 12.7. The van der Waals surface area contributed by atoms with Gasteiger partial charge in [0.2, 0.25) is 6.17 Å². The predicted molar refractivity (Wildman–Crippen MR) is 42.9 cm³/mol. The third-order valence-electron chi connectivity index (χ3n) is 1.12. The summed E-state index contributed by atoms with van der Waals surface area (Å²) in [5.74, 6) is -1.27. The molecule has 0 bridgehead atoms. The van der Waals surface area contributed by atoms with Crippen LogP contribution in [-0.4, -0.2) is 6.18 Å². The summed E-state index contributed by atoms with van der Waals surface area (Å²) in [7, 11) is 0.996. The Bertz CT molecular complexity index is 348. The van der Waals surface area contributed by atoms with Gasteiger partial charge in [-0.2, -0.15) is 13.2 Å². The van der Waals surface area contributed by atoms with E-state index in [0.29, 0.717) is 20.7 Å². The minimum absolute atomic E-state index is 0.341. The zero-order valence-electron chi connectivity index (χ0n) is 5.69. The Labute approximate surface area is 82.0 Å². The Hall–Kier alpha value is -0.0800. The first-order chi connectivity index (χ1) is 5.84. The summed E-state index contributed by atoms with van der Waals surface area (Å²) in [5, 5.41) is 0. The molecule has 1 atom stereocenters. The molecule has 1 aromatic rings. The first-order valence-corrected chi connectivity index (χ1v) is 5.39. The fourth-order valence-electron chi connectivity index (χ4n) is 0.559. The van der Waals surface area contributed by atoms with Crippen LogP contribution in [-0.2, 0) is 0 Å². The first kappa shape index (κ1) is 11.0. The summed E-state index contributed by atoms with van der Waals surface area (Å²) in [5.41, 5.74) is 0. The van der Waals surface area contributed by atoms with Gasteiger partial charge < -0.3 is 0 Å². The third-order valence-corrected chi connectivity index (χ3v) is 4.13. The highest BCUT2D eigenvalue weighted by Crippen LogP contribution is 2.41. The molecule has 1 unspecified atom stereocenters. The van der Waals surface area contributed by atoms with Gasteiger partial charge in [0, 0.05) is 0 Å². The van der Waals surface area contributed by atoms with Crippen LogP contribution in [0.5, 0.6) is 0 Å². The summed E-state index contributed by atoms with van der Waals surface area (Å²) in [6.45, 7) is 0. The number of halogens is 5. The van der Waals surface area contributed by atoms with Gasteiger partial charge in [0.1, 0.15) is 3.82 Å². The normalized spacial score (nSPS) is 14.5. The van der Waals surface area contributed by atoms with E-state index in [1.54, 1.807) is 0 Å². The van der Waals surface area contributed by atoms with Crippen LogP contribution in [0.1, 0.15) is 11.0 Å². The summed E-state index contributed by atoms with van der Waals surface area (Å²) in [4.78, 5) is -0.984. The van der Waals surface area contributed by atoms with Crippen LogP contribution >= 0.6 is 32.9 Å². The van der Waals surface area contributed by atoms with E-state index in [1.807, 2.05) is 0 Å². The van der Waals surface area contributed by atoms with E-state index in [2.05, 4.69) is 12.2 Å². The van der Waals surface area contributed by atoms with Crippen LogP contribution in [0.15, 0.2) is 0 Å². The average molecular weight is 252 g/mol. The Balaban J connectivity index is 3.09. The number of hydrogen-bond acceptors (Lipinski definition) is 3. The fourth-order valence-corrected chi connectivity index (χ4v) is 3.03. The predicted octanol–water partition coefficient (Wildman–Crippen LogP) is 4.25. The summed E-state index contributed by atoms with van der Waals surface area (Å²) < 4.78 is 60.2. The molecule has 1 rings (SSSR count). The first-order valence-electron chi connectivity index (χ1n) is 2.83. The Morgan fingerprint density at radius 1 is 1.23 bits per heavy atom. The van der Waals surface area contributed by atoms with E-state index in [1.165, 1.54) is 0 Å². The lowest BCUT2D eigenvalue weighted by molar-refractivity contribution is -0.182. The molecule has 0 saturated heterocycles. The SMILES string of the molecule is Fc1c(C(F)C(F)(F)F)ssc1=S. The Kier molecular flexibility index (Phi) is 3.03. The van der Waals surface area contributed by atoms with Gasteiger partial charge in [0.15, 0.2) is 5.82 Å². The van der Waals surface area contributed by atoms with Crippen molar-refractivity contribution in [3.8, 4) is 0 Å². The van der Waals surface area contributed by atoms with Crippen molar-refractivity contribution in [3.63, 3.8) is 0 Å². The van der Waals surface area contributed by atoms with Crippen LogP contribution in [0.25, 0.3) is 0 Å². The minimum Gasteiger partial charge on any atom is -0.231 e. The molecule has 0 aliphatic heterocycles. The van der Waals surface area contributed by atoms with Crippen molar-refractivity contribution in [1.29, 1.82) is 0 Å². The van der Waals surface area contributed by atoms with E-state index in [4.69, 9.17) is 0 Å². The molecule has 0 saturated carbocycles. The zero-order valence-corrected chi connectivity index (χ0v) is 8.14. The highest BCUT2D eigenvalue weighted by molar-refractivity contribution is 7.79. The van der Waals surface area contributed by atoms with Gasteiger partial charge in [-0.1, -0.05) is 32.9 Å². The van der Waals surface area contributed by atoms with Crippen LogP contribution in [0.2, 0.25) is 0 Å². The zero-order chi connectivity index (χ0) is 10.2. The monoisotopic (exact) mass is 252 g/mol. The van der Waals surface area contributed by atoms with Gasteiger partial charge in [-0.05, 0) is 0 Å². The summed E-state index contributed by atoms with van der Waals surface area (Å²) in [6, 6.07) is 0. The topological polar surface area (TPSA) is 0 Å². The maximum Gasteiger partial charge on any atom is 0.424 e. The second-order valence-electron chi connectivity index (χ2n) is 2.04. The molecule has 0 nitrogen and oxygen atoms in total. The number of alkyl halides is 4. The van der Waals surface area contributed by atoms with Gasteiger partial charge in [0.25, 0.3) is 0 Å². The molecule has 0 aliphatic rings. The van der Waals surface area contributed by atoms with Gasteiger partial charge in [-0.15, -0.1) is 0 Å². The van der Waals surface area contributed by atoms with Crippen molar-refractivity contribution in [1.82, 2.24) is 0 Å². The quantitative estimate of drug-likeness (QED) is 0.409. The molecule has 13 heavy (non-hydrogen) atoms. The molecule has 0 aliphatic carbocycles. The van der Waals surface area contributed by atoms with Crippen LogP contribution in [0.4, 0.5) is 22.0 Å². The molecule has 0 radical (unpaired) electrons. The van der Waals surface area contributed by atoms with E-state index >= 15 is 0 Å². The molecule has 0 spiro atoms. The average Bonchev–Trinajstić information content (AvgIpc) is 2.30. The molecule has 1 aromatic heterocycles. The van der Waals surface area contributed by atoms with Crippen molar-refractivity contribution < 1.29 is 22.0 Å². The second-order valence-corrected chi connectivity index (χ2v) is 4.88. The molecule has 8 heteroatoms. The molecule has 0 fully saturated rings. The van der Waals surface area contributed by atoms with Gasteiger partial charge in [-0.25, -0.2) is 8.78 Å². The largest absolute Gasteiger partial charge is 0.424 e.